The number of carbonyl (C=O) groups is 11. The van der Waals surface area contributed by atoms with Crippen molar-refractivity contribution in [1.82, 2.24) is 25.8 Å². The Bertz CT molecular complexity index is 3300. The predicted molar refractivity (Wildman–Crippen MR) is 331 cm³/mol. The number of anilines is 1. The zero-order valence-electron chi connectivity index (χ0n) is 52.7. The Kier molecular flexibility index (Phi) is 26.3. The summed E-state index contributed by atoms with van der Waals surface area (Å²) in [7, 11) is 3.09. The molecule has 3 aliphatic heterocycles. The summed E-state index contributed by atoms with van der Waals surface area (Å²) in [6.07, 6.45) is 2.10. The van der Waals surface area contributed by atoms with E-state index in [0.29, 0.717) is 124 Å². The van der Waals surface area contributed by atoms with Crippen molar-refractivity contribution in [2.45, 2.75) is 122 Å². The van der Waals surface area contributed by atoms with Gasteiger partial charge in [0.05, 0.1) is 51.8 Å². The number of rotatable bonds is 36. The van der Waals surface area contributed by atoms with Gasteiger partial charge in [0.15, 0.2) is 18.1 Å². The van der Waals surface area contributed by atoms with E-state index in [1.54, 1.807) is 88.7 Å². The third-order valence-electron chi connectivity index (χ3n) is 16.1. The van der Waals surface area contributed by atoms with E-state index in [1.807, 2.05) is 19.1 Å². The Hall–Kier alpha value is -9.07. The van der Waals surface area contributed by atoms with Crippen molar-refractivity contribution >= 4 is 70.7 Å². The van der Waals surface area contributed by atoms with E-state index in [1.165, 1.54) is 23.1 Å². The fourth-order valence-corrected chi connectivity index (χ4v) is 10.5. The first-order chi connectivity index (χ1) is 44.3. The van der Waals surface area contributed by atoms with Gasteiger partial charge in [-0.25, -0.2) is 14.5 Å². The Morgan fingerprint density at radius 3 is 2.07 bits per heavy atom. The van der Waals surface area contributed by atoms with Crippen LogP contribution in [0.15, 0.2) is 91.0 Å². The highest BCUT2D eigenvalue weighted by molar-refractivity contribution is 6.38. The van der Waals surface area contributed by atoms with Crippen LogP contribution in [0.2, 0.25) is 0 Å². The number of ether oxygens (including phenoxy) is 8. The highest BCUT2D eigenvalue weighted by atomic mass is 16.6. The Morgan fingerprint density at radius 1 is 0.707 bits per heavy atom. The van der Waals surface area contributed by atoms with Crippen LogP contribution in [0, 0.1) is 5.41 Å². The minimum absolute atomic E-state index is 0.0605. The molecule has 7 rings (SSSR count). The maximum absolute atomic E-state index is 14.1. The molecule has 8 amide bonds. The molecule has 0 bridgehead atoms. The zero-order valence-corrected chi connectivity index (χ0v) is 52.7. The van der Waals surface area contributed by atoms with Crippen LogP contribution in [-0.4, -0.2) is 166 Å². The number of amides is 8. The summed E-state index contributed by atoms with van der Waals surface area (Å²) in [6, 6.07) is 24.2. The second-order valence-electron chi connectivity index (χ2n) is 22.9. The molecule has 0 saturated carbocycles. The number of fused-ring (bicyclic) bond motifs is 1. The maximum atomic E-state index is 14.1. The number of nitrogens with zero attached hydrogens (tertiary/aromatic N) is 2. The lowest BCUT2D eigenvalue weighted by molar-refractivity contribution is -0.165. The molecule has 92 heavy (non-hydrogen) atoms. The highest BCUT2D eigenvalue weighted by Crippen LogP contribution is 2.40. The number of ketones is 1. The van der Waals surface area contributed by atoms with E-state index in [9.17, 15) is 52.7 Å². The van der Waals surface area contributed by atoms with E-state index in [4.69, 9.17) is 37.9 Å². The largest absolute Gasteiger partial charge is 0.493 e. The average molecular weight is 1280 g/mol. The minimum atomic E-state index is -2.48. The normalized spacial score (nSPS) is 16.6. The molecule has 25 nitrogen and oxygen atoms in total. The molecule has 4 aromatic rings. The monoisotopic (exact) mass is 1270 g/mol. The van der Waals surface area contributed by atoms with Crippen LogP contribution < -0.4 is 35.5 Å². The van der Waals surface area contributed by atoms with Gasteiger partial charge in [-0.15, -0.1) is 0 Å². The number of likely N-dealkylation sites (tertiary alicyclic amines) is 1. The van der Waals surface area contributed by atoms with Crippen molar-refractivity contribution in [3.63, 3.8) is 0 Å². The van der Waals surface area contributed by atoms with Crippen LogP contribution in [0.4, 0.5) is 5.69 Å². The van der Waals surface area contributed by atoms with Gasteiger partial charge in [-0.3, -0.25) is 48.5 Å². The van der Waals surface area contributed by atoms with Crippen molar-refractivity contribution in [1.29, 1.82) is 0 Å². The molecule has 3 aliphatic rings. The number of benzene rings is 4. The molecule has 494 valence electrons. The Labute approximate surface area is 534 Å². The van der Waals surface area contributed by atoms with E-state index < -0.39 is 95.2 Å². The minimum Gasteiger partial charge on any atom is -0.493 e. The first kappa shape index (κ1) is 70.4. The van der Waals surface area contributed by atoms with Crippen LogP contribution in [-0.2, 0) is 79.9 Å². The summed E-state index contributed by atoms with van der Waals surface area (Å²) in [5.74, 6) is -7.17. The van der Waals surface area contributed by atoms with Gasteiger partial charge in [0, 0.05) is 63.2 Å². The number of carbonyl (C=O) groups excluding carboxylic acids is 11. The molecule has 0 aromatic heterocycles. The average Bonchev–Trinajstić information content (AvgIpc) is 1.53. The lowest BCUT2D eigenvalue weighted by Crippen LogP contribution is -2.68. The lowest BCUT2D eigenvalue weighted by Gasteiger charge is -2.38. The van der Waals surface area contributed by atoms with Gasteiger partial charge in [0.25, 0.3) is 29.5 Å². The summed E-state index contributed by atoms with van der Waals surface area (Å²) in [4.78, 5) is 148. The fourth-order valence-electron chi connectivity index (χ4n) is 10.5. The predicted octanol–water partition coefficient (Wildman–Crippen LogP) is 5.68. The Balaban J connectivity index is 0.747. The number of esters is 2. The van der Waals surface area contributed by atoms with Crippen LogP contribution in [0.5, 0.6) is 17.2 Å². The highest BCUT2D eigenvalue weighted by Gasteiger charge is 2.62. The number of piperidine rings is 2. The van der Waals surface area contributed by atoms with Gasteiger partial charge in [-0.1, -0.05) is 75.4 Å². The van der Waals surface area contributed by atoms with Gasteiger partial charge in [-0.05, 0) is 111 Å². The molecule has 0 spiro atoms. The first-order valence-corrected chi connectivity index (χ1v) is 30.9. The molecular weight excluding hydrogens is 1190 g/mol. The lowest BCUT2D eigenvalue weighted by atomic mass is 9.84. The third-order valence-corrected chi connectivity index (χ3v) is 16.1. The van der Waals surface area contributed by atoms with Crippen molar-refractivity contribution in [2.24, 2.45) is 5.41 Å². The first-order valence-electron chi connectivity index (χ1n) is 30.9. The number of aryl methyl sites for hydroxylation is 1. The van der Waals surface area contributed by atoms with Gasteiger partial charge in [-0.2, -0.15) is 0 Å². The van der Waals surface area contributed by atoms with Gasteiger partial charge in [0.2, 0.25) is 29.0 Å². The molecule has 3 heterocycles. The number of imide groups is 2. The van der Waals surface area contributed by atoms with Crippen LogP contribution >= 0.6 is 0 Å². The number of hydrogen-bond donors (Lipinski definition) is 4. The van der Waals surface area contributed by atoms with Crippen molar-refractivity contribution in [3.05, 3.63) is 119 Å². The summed E-state index contributed by atoms with van der Waals surface area (Å²) >= 11 is 0. The summed E-state index contributed by atoms with van der Waals surface area (Å²) in [6.45, 7) is 7.16. The number of Topliss-reactive ketones (excluding diaryl/α,β-unsaturated/α-hetero) is 1. The standard InChI is InChI=1S/C67H82N6O19/c1-6-66(2,3)59(78)62(81)72-33-11-10-21-49(72)63(82)92-50(25-23-44-24-26-51(85-4)53(40-44)86-5)46-18-12-19-47(41-46)70-55(75)28-27-54(74)68-31-14-34-87-36-38-89-39-37-88-35-15-32-69-57(77)43-90-52-22-13-20-48-58(52)61(80)73(60(48)79)67(30-29-56(76)71-64(67)83)65(84)91-42-45-16-8-7-9-17-45/h7-9,12-13,16-20,22,24,26,40-41,49-50H,6,10-11,14-15,21,23,25,27-39,42-43H2,1-5H3,(H,68,74)(H,69,77)(H,70,75)(H,71,76,83)/t49-,50+,67?/m0/s1. The second-order valence-corrected chi connectivity index (χ2v) is 22.9. The summed E-state index contributed by atoms with van der Waals surface area (Å²) in [5, 5.41) is 10.4. The molecule has 0 aliphatic carbocycles. The van der Waals surface area contributed by atoms with E-state index in [-0.39, 0.29) is 68.3 Å². The number of nitrogens with one attached hydrogen (secondary N) is 4. The molecule has 25 heteroatoms. The summed E-state index contributed by atoms with van der Waals surface area (Å²) < 4.78 is 45.1. The SMILES string of the molecule is CCC(C)(C)C(=O)C(=O)N1CCCC[C@H]1C(=O)O[C@H](CCc1ccc(OC)c(OC)c1)c1cccc(NC(=O)CCC(=O)NCCCOCCOCCOCCCNC(=O)COc2cccc3c2C(=O)N(C2(C(=O)OCc4ccccc4)CCC(=O)NC2=O)C3=O)c1. The van der Waals surface area contributed by atoms with Gasteiger partial charge >= 0.3 is 11.9 Å². The van der Waals surface area contributed by atoms with E-state index >= 15 is 0 Å². The van der Waals surface area contributed by atoms with E-state index in [2.05, 4.69) is 21.3 Å². The molecule has 3 atom stereocenters. The fraction of sp³-hybridized carbons (Fsp3) is 0.478. The van der Waals surface area contributed by atoms with E-state index in [0.717, 1.165) is 5.56 Å². The topological polar surface area (TPSA) is 316 Å². The van der Waals surface area contributed by atoms with Crippen molar-refractivity contribution in [3.8, 4) is 17.2 Å². The smallest absolute Gasteiger partial charge is 0.342 e. The van der Waals surface area contributed by atoms with Crippen LogP contribution in [0.3, 0.4) is 0 Å². The van der Waals surface area contributed by atoms with Gasteiger partial charge < -0.3 is 58.7 Å². The summed E-state index contributed by atoms with van der Waals surface area (Å²) in [5.41, 5.74) is -1.28. The Morgan fingerprint density at radius 2 is 1.38 bits per heavy atom. The van der Waals surface area contributed by atoms with Crippen LogP contribution in [0.25, 0.3) is 0 Å². The maximum Gasteiger partial charge on any atom is 0.342 e. The molecule has 2 saturated heterocycles. The molecule has 4 N–H and O–H groups in total. The number of hydrogen-bond acceptors (Lipinski definition) is 19. The zero-order chi connectivity index (χ0) is 66.2. The molecule has 2 fully saturated rings. The number of methoxy groups -OCH3 is 2. The quantitative estimate of drug-likeness (QED) is 0.0140. The molecule has 1 unspecified atom stereocenters. The van der Waals surface area contributed by atoms with Crippen molar-refractivity contribution < 1.29 is 90.6 Å². The molecule has 4 aromatic carbocycles. The molecular formula is C67H82N6O19. The van der Waals surface area contributed by atoms with Gasteiger partial charge in [0.1, 0.15) is 24.5 Å². The van der Waals surface area contributed by atoms with Crippen molar-refractivity contribution in [2.75, 3.05) is 85.4 Å². The second kappa shape index (κ2) is 34.4. The third kappa shape index (κ3) is 18.8. The molecule has 0 radical (unpaired) electrons. The van der Waals surface area contributed by atoms with Crippen LogP contribution in [0.1, 0.15) is 135 Å².